The third-order valence-corrected chi connectivity index (χ3v) is 2.30. The fourth-order valence-corrected chi connectivity index (χ4v) is 1.25. The smallest absolute Gasteiger partial charge is 0.0597 e. The van der Waals surface area contributed by atoms with Crippen LogP contribution in [0.25, 0.3) is 10.4 Å². The van der Waals surface area contributed by atoms with Crippen molar-refractivity contribution in [2.75, 3.05) is 0 Å². The van der Waals surface area contributed by atoms with E-state index in [4.69, 9.17) is 5.53 Å². The van der Waals surface area contributed by atoms with Crippen molar-refractivity contribution in [1.82, 2.24) is 0 Å². The second-order valence-electron chi connectivity index (χ2n) is 2.43. The van der Waals surface area contributed by atoms with E-state index in [1.807, 2.05) is 31.2 Å². The molecule has 0 saturated heterocycles. The van der Waals surface area contributed by atoms with E-state index in [1.165, 1.54) is 3.57 Å². The molecule has 0 amide bonds. The molecule has 0 bridgehead atoms. The summed E-state index contributed by atoms with van der Waals surface area (Å²) in [5.74, 6) is 0. The van der Waals surface area contributed by atoms with Crippen molar-refractivity contribution < 1.29 is 0 Å². The summed E-state index contributed by atoms with van der Waals surface area (Å²) in [5, 5.41) is 3.60. The van der Waals surface area contributed by atoms with Crippen molar-refractivity contribution in [1.29, 1.82) is 0 Å². The van der Waals surface area contributed by atoms with Crippen molar-refractivity contribution in [2.45, 2.75) is 13.0 Å². The van der Waals surface area contributed by atoms with Crippen LogP contribution < -0.4 is 0 Å². The SMILES string of the molecule is C[C@H](N=[N+]=[N-])c1ccc(I)cc1. The van der Waals surface area contributed by atoms with Crippen LogP contribution >= 0.6 is 22.6 Å². The van der Waals surface area contributed by atoms with Gasteiger partial charge >= 0.3 is 0 Å². The van der Waals surface area contributed by atoms with Gasteiger partial charge in [-0.05, 0) is 45.8 Å². The van der Waals surface area contributed by atoms with Crippen molar-refractivity contribution in [3.05, 3.63) is 43.8 Å². The first-order valence-corrected chi connectivity index (χ1v) is 4.61. The zero-order chi connectivity index (χ0) is 8.97. The first kappa shape index (κ1) is 9.35. The number of halogens is 1. The van der Waals surface area contributed by atoms with E-state index in [0.717, 1.165) is 5.56 Å². The third-order valence-electron chi connectivity index (χ3n) is 1.58. The molecule has 0 unspecified atom stereocenters. The second kappa shape index (κ2) is 4.33. The predicted octanol–water partition coefficient (Wildman–Crippen LogP) is 3.66. The van der Waals surface area contributed by atoms with Gasteiger partial charge in [-0.1, -0.05) is 24.2 Å². The minimum atomic E-state index is -0.0769. The summed E-state index contributed by atoms with van der Waals surface area (Å²) in [7, 11) is 0. The molecule has 12 heavy (non-hydrogen) atoms. The van der Waals surface area contributed by atoms with Gasteiger partial charge in [0, 0.05) is 8.48 Å². The summed E-state index contributed by atoms with van der Waals surface area (Å²) in [6.07, 6.45) is 0. The summed E-state index contributed by atoms with van der Waals surface area (Å²) in [5.41, 5.74) is 9.26. The Balaban J connectivity index is 2.89. The highest BCUT2D eigenvalue weighted by Gasteiger charge is 2.00. The first-order chi connectivity index (χ1) is 5.74. The molecule has 0 fully saturated rings. The quantitative estimate of drug-likeness (QED) is 0.342. The summed E-state index contributed by atoms with van der Waals surface area (Å²) < 4.78 is 1.18. The van der Waals surface area contributed by atoms with Crippen molar-refractivity contribution in [3.8, 4) is 0 Å². The molecule has 4 heteroatoms. The lowest BCUT2D eigenvalue weighted by Crippen LogP contribution is -1.87. The molecule has 1 atom stereocenters. The lowest BCUT2D eigenvalue weighted by atomic mass is 10.1. The lowest BCUT2D eigenvalue weighted by Gasteiger charge is -2.03. The molecule has 0 N–H and O–H groups in total. The van der Waals surface area contributed by atoms with E-state index in [1.54, 1.807) is 0 Å². The largest absolute Gasteiger partial charge is 0.0862 e. The molecule has 1 aromatic rings. The maximum atomic E-state index is 8.21. The third kappa shape index (κ3) is 2.39. The average Bonchev–Trinajstić information content (AvgIpc) is 2.06. The lowest BCUT2D eigenvalue weighted by molar-refractivity contribution is 0.807. The minimum absolute atomic E-state index is 0.0769. The number of nitrogens with zero attached hydrogens (tertiary/aromatic N) is 3. The number of hydrogen-bond donors (Lipinski definition) is 0. The van der Waals surface area contributed by atoms with Crippen LogP contribution in [0.15, 0.2) is 29.4 Å². The molecule has 0 radical (unpaired) electrons. The topological polar surface area (TPSA) is 48.8 Å². The van der Waals surface area contributed by atoms with Crippen LogP contribution in [0.5, 0.6) is 0 Å². The van der Waals surface area contributed by atoms with Gasteiger partial charge in [0.15, 0.2) is 0 Å². The standard InChI is InChI=1S/C8H8IN3/c1-6(11-12-10)7-2-4-8(9)5-3-7/h2-6H,1H3/t6-/m0/s1. The van der Waals surface area contributed by atoms with E-state index < -0.39 is 0 Å². The number of rotatable bonds is 2. The molecule has 62 valence electrons. The van der Waals surface area contributed by atoms with Gasteiger partial charge in [-0.3, -0.25) is 0 Å². The van der Waals surface area contributed by atoms with Gasteiger partial charge in [0.25, 0.3) is 0 Å². The summed E-state index contributed by atoms with van der Waals surface area (Å²) in [6, 6.07) is 7.87. The molecule has 0 aliphatic carbocycles. The summed E-state index contributed by atoms with van der Waals surface area (Å²) >= 11 is 2.24. The Kier molecular flexibility index (Phi) is 3.37. The van der Waals surface area contributed by atoms with E-state index in [-0.39, 0.29) is 6.04 Å². The molecule has 0 spiro atoms. The molecule has 0 aliphatic heterocycles. The second-order valence-corrected chi connectivity index (χ2v) is 3.68. The zero-order valence-corrected chi connectivity index (χ0v) is 8.76. The first-order valence-electron chi connectivity index (χ1n) is 3.53. The van der Waals surface area contributed by atoms with Crippen molar-refractivity contribution in [3.63, 3.8) is 0 Å². The van der Waals surface area contributed by atoms with Gasteiger partial charge in [0.1, 0.15) is 0 Å². The zero-order valence-electron chi connectivity index (χ0n) is 6.61. The predicted molar refractivity (Wildman–Crippen MR) is 56.7 cm³/mol. The highest BCUT2D eigenvalue weighted by molar-refractivity contribution is 14.1. The van der Waals surface area contributed by atoms with E-state index in [9.17, 15) is 0 Å². The van der Waals surface area contributed by atoms with Crippen LogP contribution in [0, 0.1) is 3.57 Å². The highest BCUT2D eigenvalue weighted by Crippen LogP contribution is 2.17. The number of benzene rings is 1. The monoisotopic (exact) mass is 273 g/mol. The van der Waals surface area contributed by atoms with Gasteiger partial charge in [-0.25, -0.2) is 0 Å². The Labute approximate surface area is 84.6 Å². The number of azide groups is 1. The van der Waals surface area contributed by atoms with Crippen LogP contribution in [0.1, 0.15) is 18.5 Å². The fourth-order valence-electron chi connectivity index (χ4n) is 0.885. The Hall–Kier alpha value is -0.740. The Morgan fingerprint density at radius 3 is 2.50 bits per heavy atom. The Morgan fingerprint density at radius 1 is 1.42 bits per heavy atom. The van der Waals surface area contributed by atoms with E-state index in [0.29, 0.717) is 0 Å². The Morgan fingerprint density at radius 2 is 2.00 bits per heavy atom. The van der Waals surface area contributed by atoms with Gasteiger partial charge in [-0.2, -0.15) is 0 Å². The van der Waals surface area contributed by atoms with Crippen LogP contribution in [0.4, 0.5) is 0 Å². The fraction of sp³-hybridized carbons (Fsp3) is 0.250. The van der Waals surface area contributed by atoms with Crippen LogP contribution in [-0.4, -0.2) is 0 Å². The van der Waals surface area contributed by atoms with E-state index in [2.05, 4.69) is 32.6 Å². The van der Waals surface area contributed by atoms with Gasteiger partial charge in [0.2, 0.25) is 0 Å². The maximum Gasteiger partial charge on any atom is 0.0597 e. The molecule has 0 heterocycles. The van der Waals surface area contributed by atoms with Crippen LogP contribution in [0.2, 0.25) is 0 Å². The molecule has 0 saturated carbocycles. The molecule has 0 aliphatic rings. The van der Waals surface area contributed by atoms with Gasteiger partial charge in [-0.15, -0.1) is 0 Å². The van der Waals surface area contributed by atoms with Crippen molar-refractivity contribution in [2.24, 2.45) is 5.11 Å². The molecule has 1 aromatic carbocycles. The van der Waals surface area contributed by atoms with Crippen molar-refractivity contribution >= 4 is 22.6 Å². The molecule has 0 aromatic heterocycles. The van der Waals surface area contributed by atoms with Crippen LogP contribution in [0.3, 0.4) is 0 Å². The normalized spacial score (nSPS) is 11.8. The van der Waals surface area contributed by atoms with Gasteiger partial charge in [0.05, 0.1) is 6.04 Å². The minimum Gasteiger partial charge on any atom is -0.0862 e. The number of hydrogen-bond acceptors (Lipinski definition) is 1. The molecular formula is C8H8IN3. The highest BCUT2D eigenvalue weighted by atomic mass is 127. The average molecular weight is 273 g/mol. The molecular weight excluding hydrogens is 265 g/mol. The maximum absolute atomic E-state index is 8.21. The Bertz CT molecular complexity index is 301. The molecule has 1 rings (SSSR count). The van der Waals surface area contributed by atoms with Crippen LogP contribution in [-0.2, 0) is 0 Å². The summed E-state index contributed by atoms with van der Waals surface area (Å²) in [4.78, 5) is 2.76. The summed E-state index contributed by atoms with van der Waals surface area (Å²) in [6.45, 7) is 1.88. The molecule has 3 nitrogen and oxygen atoms in total. The van der Waals surface area contributed by atoms with E-state index >= 15 is 0 Å². The van der Waals surface area contributed by atoms with Gasteiger partial charge < -0.3 is 0 Å².